The molecule has 15 nitrogen and oxygen atoms in total. The summed E-state index contributed by atoms with van der Waals surface area (Å²) in [5.41, 5.74) is 0.522. The maximum Gasteiger partial charge on any atom is 0.335 e. The zero-order valence-corrected chi connectivity index (χ0v) is 27.4. The van der Waals surface area contributed by atoms with Gasteiger partial charge in [0.25, 0.3) is 5.56 Å². The first-order valence-corrected chi connectivity index (χ1v) is 15.2. The molecule has 4 atom stereocenters. The van der Waals surface area contributed by atoms with Crippen LogP contribution in [0.1, 0.15) is 49.8 Å². The molecule has 50 heavy (non-hydrogen) atoms. The smallest absolute Gasteiger partial charge is 0.335 e. The van der Waals surface area contributed by atoms with Gasteiger partial charge >= 0.3 is 23.9 Å². The number of aromatic carboxylic acids is 3. The predicted octanol–water partition coefficient (Wildman–Crippen LogP) is 2.78. The first kappa shape index (κ1) is 40.7. The van der Waals surface area contributed by atoms with Gasteiger partial charge in [-0.25, -0.2) is 14.4 Å². The summed E-state index contributed by atoms with van der Waals surface area (Å²) in [6.45, 7) is 1.35. The van der Waals surface area contributed by atoms with Gasteiger partial charge in [0.1, 0.15) is 18.3 Å². The van der Waals surface area contributed by atoms with Crippen molar-refractivity contribution in [1.29, 1.82) is 0 Å². The van der Waals surface area contributed by atoms with Gasteiger partial charge in [0.2, 0.25) is 0 Å². The fraction of sp³-hybridized carbons (Fsp3) is 0.235. The molecule has 4 aromatic rings. The molecule has 7 N–H and O–H groups in total. The summed E-state index contributed by atoms with van der Waals surface area (Å²) < 4.78 is 11.3. The van der Waals surface area contributed by atoms with Gasteiger partial charge in [0.15, 0.2) is 11.0 Å². The molecular formula is C34H36N2O13S. The Hall–Kier alpha value is -5.52. The first-order chi connectivity index (χ1) is 23.8. The maximum atomic E-state index is 11.9. The van der Waals surface area contributed by atoms with Crippen molar-refractivity contribution in [3.63, 3.8) is 0 Å². The van der Waals surface area contributed by atoms with Crippen molar-refractivity contribution < 1.29 is 59.3 Å². The van der Waals surface area contributed by atoms with Gasteiger partial charge in [-0.1, -0.05) is 54.6 Å². The van der Waals surface area contributed by atoms with Gasteiger partial charge in [0.05, 0.1) is 36.3 Å². The standard InChI is InChI=1S/C13H18N2O7S.3C7H6O2/c1-2-21-8(17)3-6-4-15(13(23)14-11(6)20)12-10(19)9(18)7(5-16)22-12;3*8-7(9)6-4-2-1-3-5-6/h4,7,9-10,12,16,18-19H,2-3,5H2,1H3,(H,14,20,23);3*1-5H,(H,8,9)/t7-,9-,10-,12-;;;/m1.../s1. The van der Waals surface area contributed by atoms with Crippen molar-refractivity contribution in [1.82, 2.24) is 9.55 Å². The second-order valence-electron chi connectivity index (χ2n) is 10.0. The number of carbonyl (C=O) groups excluding carboxylic acids is 1. The van der Waals surface area contributed by atoms with E-state index in [-0.39, 0.29) is 23.4 Å². The number of nitrogens with one attached hydrogen (secondary N) is 1. The number of nitrogens with zero attached hydrogens (tertiary/aromatic N) is 1. The number of aromatic amines is 1. The van der Waals surface area contributed by atoms with E-state index in [9.17, 15) is 34.2 Å². The Balaban J connectivity index is 0.000000263. The third kappa shape index (κ3) is 12.8. The van der Waals surface area contributed by atoms with Gasteiger partial charge < -0.3 is 40.1 Å². The van der Waals surface area contributed by atoms with E-state index in [1.165, 1.54) is 10.8 Å². The lowest BCUT2D eigenvalue weighted by Gasteiger charge is -2.19. The summed E-state index contributed by atoms with van der Waals surface area (Å²) in [6, 6.07) is 24.9. The number of aliphatic hydroxyl groups is 3. The van der Waals surface area contributed by atoms with Gasteiger partial charge in [-0.05, 0) is 55.5 Å². The maximum absolute atomic E-state index is 11.9. The normalized spacial score (nSPS) is 17.3. The zero-order chi connectivity index (χ0) is 37.2. The first-order valence-electron chi connectivity index (χ1n) is 14.8. The number of rotatable bonds is 8. The Kier molecular flexibility index (Phi) is 16.9. The molecule has 1 aromatic heterocycles. The van der Waals surface area contributed by atoms with Gasteiger partial charge in [-0.15, -0.1) is 0 Å². The number of hydrogen-bond donors (Lipinski definition) is 7. The minimum atomic E-state index is -1.35. The van der Waals surface area contributed by atoms with E-state index in [0.29, 0.717) is 16.7 Å². The van der Waals surface area contributed by atoms with E-state index < -0.39 is 60.6 Å². The fourth-order valence-corrected chi connectivity index (χ4v) is 4.31. The van der Waals surface area contributed by atoms with Crippen LogP contribution in [0.15, 0.2) is 102 Å². The number of ether oxygens (including phenoxy) is 2. The molecule has 0 unspecified atom stereocenters. The highest BCUT2D eigenvalue weighted by molar-refractivity contribution is 7.71. The molecule has 0 saturated carbocycles. The van der Waals surface area contributed by atoms with E-state index in [2.05, 4.69) is 4.98 Å². The van der Waals surface area contributed by atoms with Crippen LogP contribution in [0.2, 0.25) is 0 Å². The number of carboxylic acid groups (broad SMARTS) is 3. The van der Waals surface area contributed by atoms with E-state index >= 15 is 0 Å². The van der Waals surface area contributed by atoms with Crippen LogP contribution in [0.4, 0.5) is 0 Å². The number of aromatic nitrogens is 2. The molecule has 1 fully saturated rings. The van der Waals surface area contributed by atoms with Gasteiger partial charge in [-0.3, -0.25) is 19.1 Å². The predicted molar refractivity (Wildman–Crippen MR) is 179 cm³/mol. The van der Waals surface area contributed by atoms with Crippen LogP contribution in [0.5, 0.6) is 0 Å². The topological polar surface area (TPSA) is 246 Å². The number of hydrogen-bond acceptors (Lipinski definition) is 11. The number of carboxylic acids is 3. The molecular weight excluding hydrogens is 676 g/mol. The lowest BCUT2D eigenvalue weighted by Crippen LogP contribution is -2.33. The fourth-order valence-electron chi connectivity index (χ4n) is 4.06. The number of H-pyrrole nitrogens is 1. The Morgan fingerprint density at radius 1 is 0.780 bits per heavy atom. The van der Waals surface area contributed by atoms with Crippen LogP contribution in [0.3, 0.4) is 0 Å². The highest BCUT2D eigenvalue weighted by Gasteiger charge is 2.43. The molecule has 1 aliphatic rings. The SMILES string of the molecule is CCOC(=O)Cc1cn([C@@H]2O[C@H](CO)[C@@H](O)[C@H]2O)c(=S)[nH]c1=O.O=C(O)c1ccccc1.O=C(O)c1ccccc1.O=C(O)c1ccccc1. The molecule has 0 amide bonds. The quantitative estimate of drug-likeness (QED) is 0.103. The van der Waals surface area contributed by atoms with Gasteiger partial charge in [0, 0.05) is 11.8 Å². The Morgan fingerprint density at radius 3 is 1.52 bits per heavy atom. The van der Waals surface area contributed by atoms with Gasteiger partial charge in [-0.2, -0.15) is 0 Å². The third-order valence-corrected chi connectivity index (χ3v) is 6.85. The number of aliphatic hydroxyl groups excluding tert-OH is 3. The van der Waals surface area contributed by atoms with E-state index in [1.54, 1.807) is 97.9 Å². The highest BCUT2D eigenvalue weighted by Crippen LogP contribution is 2.29. The van der Waals surface area contributed by atoms with Crippen molar-refractivity contribution in [2.24, 2.45) is 0 Å². The monoisotopic (exact) mass is 712 g/mol. The summed E-state index contributed by atoms with van der Waals surface area (Å²) in [7, 11) is 0. The second kappa shape index (κ2) is 20.8. The summed E-state index contributed by atoms with van der Waals surface area (Å²) in [6.07, 6.45) is -3.70. The lowest BCUT2D eigenvalue weighted by atomic mass is 10.1. The van der Waals surface area contributed by atoms with Crippen molar-refractivity contribution in [2.45, 2.75) is 37.9 Å². The van der Waals surface area contributed by atoms with Crippen LogP contribution in [0.25, 0.3) is 0 Å². The summed E-state index contributed by atoms with van der Waals surface area (Å²) >= 11 is 5.02. The zero-order valence-electron chi connectivity index (χ0n) is 26.6. The molecule has 0 spiro atoms. The molecule has 2 heterocycles. The van der Waals surface area contributed by atoms with Crippen LogP contribution >= 0.6 is 12.2 Å². The van der Waals surface area contributed by atoms with E-state index in [0.717, 1.165) is 0 Å². The van der Waals surface area contributed by atoms with Crippen molar-refractivity contribution in [2.75, 3.05) is 13.2 Å². The molecule has 0 radical (unpaired) electrons. The molecule has 16 heteroatoms. The molecule has 266 valence electrons. The Labute approximate surface area is 290 Å². The molecule has 3 aromatic carbocycles. The summed E-state index contributed by atoms with van der Waals surface area (Å²) in [5, 5.41) is 54.1. The van der Waals surface area contributed by atoms with Crippen LogP contribution in [-0.4, -0.2) is 95.6 Å². The summed E-state index contributed by atoms with van der Waals surface area (Å²) in [5.74, 6) is -3.22. The molecule has 1 saturated heterocycles. The lowest BCUT2D eigenvalue weighted by molar-refractivity contribution is -0.142. The number of carbonyl (C=O) groups is 4. The molecule has 0 aliphatic carbocycles. The van der Waals surface area contributed by atoms with Crippen molar-refractivity contribution in [3.8, 4) is 0 Å². The van der Waals surface area contributed by atoms with Crippen LogP contribution < -0.4 is 5.56 Å². The van der Waals surface area contributed by atoms with Crippen molar-refractivity contribution in [3.05, 3.63) is 135 Å². The van der Waals surface area contributed by atoms with E-state index in [1.807, 2.05) is 0 Å². The molecule has 0 bridgehead atoms. The second-order valence-corrected chi connectivity index (χ2v) is 10.4. The average Bonchev–Trinajstić information content (AvgIpc) is 3.40. The minimum absolute atomic E-state index is 0.0440. The minimum Gasteiger partial charge on any atom is -0.478 e. The Morgan fingerprint density at radius 2 is 1.20 bits per heavy atom. The van der Waals surface area contributed by atoms with Crippen LogP contribution in [0, 0.1) is 4.77 Å². The number of benzene rings is 3. The third-order valence-electron chi connectivity index (χ3n) is 6.54. The molecule has 5 rings (SSSR count). The summed E-state index contributed by atoms with van der Waals surface area (Å²) in [4.78, 5) is 56.4. The van der Waals surface area contributed by atoms with E-state index in [4.69, 9.17) is 42.1 Å². The largest absolute Gasteiger partial charge is 0.478 e. The number of esters is 1. The Bertz CT molecular complexity index is 1680. The van der Waals surface area contributed by atoms with Crippen molar-refractivity contribution >= 4 is 36.1 Å². The highest BCUT2D eigenvalue weighted by atomic mass is 32.1. The average molecular weight is 713 g/mol. The van der Waals surface area contributed by atoms with Crippen LogP contribution in [-0.2, 0) is 20.7 Å². The molecule has 1 aliphatic heterocycles.